The van der Waals surface area contributed by atoms with E-state index in [1.54, 1.807) is 0 Å². The van der Waals surface area contributed by atoms with E-state index in [4.69, 9.17) is 18.5 Å². The number of phosphoric acid groups is 1. The van der Waals surface area contributed by atoms with Gasteiger partial charge in [0, 0.05) is 12.8 Å². The fourth-order valence-electron chi connectivity index (χ4n) is 10.6. The molecule has 548 valence electrons. The number of hydrogen-bond acceptors (Lipinski definition) is 7. The third kappa shape index (κ3) is 78.6. The zero-order valence-corrected chi connectivity index (χ0v) is 63.5. The van der Waals surface area contributed by atoms with Crippen LogP contribution in [-0.4, -0.2) is 74.9 Å². The highest BCUT2D eigenvalue weighted by molar-refractivity contribution is 7.47. The topological polar surface area (TPSA) is 108 Å². The number of esters is 2. The Balaban J connectivity index is 4.05. The van der Waals surface area contributed by atoms with E-state index in [1.165, 1.54) is 167 Å². The van der Waals surface area contributed by atoms with Crippen LogP contribution in [0.1, 0.15) is 322 Å². The molecule has 96 heavy (non-hydrogen) atoms. The SMILES string of the molecule is CC/C=C\C/C=C\C/C=C\C/C=C\C/C=C\C/C=C\C/C=C\C/C=C\C/C=C\C/C=C\CCCCCCCCCCCCC(=O)OC(COC(=O)CCCCCCCCCCCCCCCCCC/C=C\C/C=C\C/C=C\CCCCCCC)COP(=O)(O)OCC[N+](C)(C)C. The van der Waals surface area contributed by atoms with E-state index in [9.17, 15) is 19.0 Å². The summed E-state index contributed by atoms with van der Waals surface area (Å²) in [4.78, 5) is 36.0. The van der Waals surface area contributed by atoms with Gasteiger partial charge in [0.1, 0.15) is 19.8 Å². The van der Waals surface area contributed by atoms with E-state index in [0.717, 1.165) is 122 Å². The number of nitrogens with zero attached hydrogens (tertiary/aromatic N) is 1. The molecule has 9 nitrogen and oxygen atoms in total. The molecule has 0 heterocycles. The zero-order chi connectivity index (χ0) is 69.7. The number of phosphoric ester groups is 1. The van der Waals surface area contributed by atoms with Gasteiger partial charge in [-0.2, -0.15) is 0 Å². The van der Waals surface area contributed by atoms with Crippen LogP contribution in [0.2, 0.25) is 0 Å². The number of ether oxygens (including phenoxy) is 2. The molecule has 0 aromatic rings. The van der Waals surface area contributed by atoms with Crippen LogP contribution in [0.15, 0.2) is 158 Å². The van der Waals surface area contributed by atoms with Crippen molar-refractivity contribution >= 4 is 19.8 Å². The predicted octanol–water partition coefficient (Wildman–Crippen LogP) is 26.3. The molecule has 0 saturated heterocycles. The normalized spacial score (nSPS) is 13.9. The number of allylic oxidation sites excluding steroid dienone is 26. The molecule has 0 radical (unpaired) electrons. The molecule has 0 amide bonds. The van der Waals surface area contributed by atoms with Gasteiger partial charge in [-0.1, -0.05) is 339 Å². The molecule has 0 fully saturated rings. The molecule has 1 N–H and O–H groups in total. The highest BCUT2D eigenvalue weighted by Crippen LogP contribution is 2.43. The summed E-state index contributed by atoms with van der Waals surface area (Å²) in [6, 6.07) is 0. The number of likely N-dealkylation sites (N-methyl/N-ethyl adjacent to an activating group) is 1. The summed E-state index contributed by atoms with van der Waals surface area (Å²) in [5.41, 5.74) is 0. The van der Waals surface area contributed by atoms with Crippen molar-refractivity contribution in [3.05, 3.63) is 158 Å². The van der Waals surface area contributed by atoms with E-state index in [0.29, 0.717) is 17.4 Å². The molecular weight excluding hydrogens is 1210 g/mol. The number of rotatable bonds is 71. The van der Waals surface area contributed by atoms with Crippen LogP contribution in [0.4, 0.5) is 0 Å². The first-order valence-electron chi connectivity index (χ1n) is 39.2. The van der Waals surface area contributed by atoms with Crippen molar-refractivity contribution in [2.24, 2.45) is 0 Å². The van der Waals surface area contributed by atoms with Crippen molar-refractivity contribution in [2.45, 2.75) is 328 Å². The highest BCUT2D eigenvalue weighted by Gasteiger charge is 2.27. The third-order valence-corrected chi connectivity index (χ3v) is 17.5. The lowest BCUT2D eigenvalue weighted by Crippen LogP contribution is -2.37. The second-order valence-electron chi connectivity index (χ2n) is 27.0. The van der Waals surface area contributed by atoms with Crippen LogP contribution in [0.25, 0.3) is 0 Å². The summed E-state index contributed by atoms with van der Waals surface area (Å²) >= 11 is 0. The second kappa shape index (κ2) is 74.8. The minimum absolute atomic E-state index is 0.0249. The van der Waals surface area contributed by atoms with Crippen LogP contribution in [0.3, 0.4) is 0 Å². The van der Waals surface area contributed by atoms with Crippen molar-refractivity contribution in [3.8, 4) is 0 Å². The first kappa shape index (κ1) is 91.6. The second-order valence-corrected chi connectivity index (χ2v) is 28.5. The zero-order valence-electron chi connectivity index (χ0n) is 62.6. The van der Waals surface area contributed by atoms with Gasteiger partial charge in [0.15, 0.2) is 6.10 Å². The maximum atomic E-state index is 12.9. The highest BCUT2D eigenvalue weighted by atomic mass is 31.2. The standard InChI is InChI=1S/C86H146NO8P/c1-6-8-10-12-14-16-18-20-22-24-26-28-30-32-34-36-38-39-40-41-42-43-44-45-46-47-49-51-53-55-57-59-61-63-65-67-69-71-73-75-77-79-86(89)95-84(83-94-96(90,91)93-81-80-87(3,4)5)82-92-85(88)78-76-74-72-70-68-66-64-62-60-58-56-54-52-50-48-37-35-33-31-29-27-25-23-21-19-17-15-13-11-9-7-2/h8,10,14,16,19-22,25-28,31-34,38-39,41-42,44-45,47,49,53,55,84H,6-7,9,11-13,15,17-18,23-24,29-30,35-37,40,43,46,48,50-52,54,56-83H2,1-5H3/p+1/b10-8-,16-14-,21-19-,22-20-,27-25-,28-26-,33-31-,34-32-,39-38-,42-41-,45-44-,49-47-,55-53-. The van der Waals surface area contributed by atoms with Gasteiger partial charge in [-0.3, -0.25) is 18.6 Å². The van der Waals surface area contributed by atoms with Crippen molar-refractivity contribution in [1.29, 1.82) is 0 Å². The summed E-state index contributed by atoms with van der Waals surface area (Å²) < 4.78 is 34.8. The van der Waals surface area contributed by atoms with Gasteiger partial charge < -0.3 is 18.9 Å². The van der Waals surface area contributed by atoms with E-state index in [-0.39, 0.29) is 32.0 Å². The molecule has 0 spiro atoms. The van der Waals surface area contributed by atoms with Crippen molar-refractivity contribution in [2.75, 3.05) is 47.5 Å². The summed E-state index contributed by atoms with van der Waals surface area (Å²) in [7, 11) is 1.47. The van der Waals surface area contributed by atoms with Gasteiger partial charge in [-0.25, -0.2) is 4.57 Å². The van der Waals surface area contributed by atoms with E-state index >= 15 is 0 Å². The van der Waals surface area contributed by atoms with Crippen molar-refractivity contribution < 1.29 is 42.1 Å². The Morgan fingerprint density at radius 1 is 0.333 bits per heavy atom. The van der Waals surface area contributed by atoms with Crippen molar-refractivity contribution in [3.63, 3.8) is 0 Å². The fourth-order valence-corrected chi connectivity index (χ4v) is 11.3. The number of carbonyl (C=O) groups excluding carboxylic acids is 2. The smallest absolute Gasteiger partial charge is 0.462 e. The van der Waals surface area contributed by atoms with Crippen LogP contribution in [-0.2, 0) is 32.7 Å². The lowest BCUT2D eigenvalue weighted by atomic mass is 10.0. The van der Waals surface area contributed by atoms with Crippen LogP contribution < -0.4 is 0 Å². The van der Waals surface area contributed by atoms with E-state index in [1.807, 2.05) is 21.1 Å². The Bertz CT molecular complexity index is 2180. The molecule has 0 aromatic carbocycles. The fraction of sp³-hybridized carbons (Fsp3) is 0.674. The van der Waals surface area contributed by atoms with Crippen LogP contribution >= 0.6 is 7.82 Å². The molecule has 0 aliphatic rings. The summed E-state index contributed by atoms with van der Waals surface area (Å²) in [5, 5.41) is 0. The van der Waals surface area contributed by atoms with Crippen LogP contribution in [0, 0.1) is 0 Å². The molecule has 0 aliphatic carbocycles. The van der Waals surface area contributed by atoms with Gasteiger partial charge in [0.05, 0.1) is 27.7 Å². The van der Waals surface area contributed by atoms with Gasteiger partial charge in [-0.05, 0) is 128 Å². The average Bonchev–Trinajstić information content (AvgIpc) is 2.54. The molecule has 2 unspecified atom stereocenters. The maximum Gasteiger partial charge on any atom is 0.472 e. The molecule has 0 saturated carbocycles. The molecule has 10 heteroatoms. The molecule has 0 bridgehead atoms. The van der Waals surface area contributed by atoms with Crippen LogP contribution in [0.5, 0.6) is 0 Å². The molecule has 0 aromatic heterocycles. The van der Waals surface area contributed by atoms with Crippen molar-refractivity contribution in [1.82, 2.24) is 0 Å². The van der Waals surface area contributed by atoms with E-state index < -0.39 is 26.5 Å². The Morgan fingerprint density at radius 3 is 0.885 bits per heavy atom. The number of carbonyl (C=O) groups is 2. The summed E-state index contributed by atoms with van der Waals surface area (Å²) in [6.45, 7) is 4.32. The first-order chi connectivity index (χ1) is 47.0. The monoisotopic (exact) mass is 1350 g/mol. The predicted molar refractivity (Wildman–Crippen MR) is 417 cm³/mol. The quantitative estimate of drug-likeness (QED) is 0.0211. The first-order valence-corrected chi connectivity index (χ1v) is 40.7. The minimum atomic E-state index is -4.41. The Morgan fingerprint density at radius 2 is 0.594 bits per heavy atom. The lowest BCUT2D eigenvalue weighted by molar-refractivity contribution is -0.870. The average molecular weight is 1350 g/mol. The molecule has 2 atom stereocenters. The van der Waals surface area contributed by atoms with Gasteiger partial charge in [-0.15, -0.1) is 0 Å². The third-order valence-electron chi connectivity index (χ3n) is 16.5. The minimum Gasteiger partial charge on any atom is -0.462 e. The Hall–Kier alpha value is -4.37. The van der Waals surface area contributed by atoms with Gasteiger partial charge >= 0.3 is 19.8 Å². The lowest BCUT2D eigenvalue weighted by Gasteiger charge is -2.24. The Labute approximate surface area is 592 Å². The molecule has 0 aliphatic heterocycles. The number of quaternary nitrogens is 1. The summed E-state index contributed by atoms with van der Waals surface area (Å²) in [5.74, 6) is -0.801. The van der Waals surface area contributed by atoms with Gasteiger partial charge in [0.25, 0.3) is 0 Å². The van der Waals surface area contributed by atoms with Gasteiger partial charge in [0.2, 0.25) is 0 Å². The molecular formula is C86H147NO8P+. The number of hydrogen-bond donors (Lipinski definition) is 1. The summed E-state index contributed by atoms with van der Waals surface area (Å²) in [6.07, 6.45) is 112. The van der Waals surface area contributed by atoms with E-state index in [2.05, 4.69) is 172 Å². The largest absolute Gasteiger partial charge is 0.472 e. The maximum absolute atomic E-state index is 12.9. The molecule has 0 rings (SSSR count). The number of unbranched alkanes of at least 4 members (excludes halogenated alkanes) is 31. The Kier molecular flexibility index (Phi) is 71.4.